The second kappa shape index (κ2) is 6.97. The average molecular weight is 448 g/mol. The molecule has 0 aliphatic heterocycles. The Labute approximate surface area is 164 Å². The van der Waals surface area contributed by atoms with Gasteiger partial charge in [-0.15, -0.1) is 0 Å². The van der Waals surface area contributed by atoms with Crippen LogP contribution in [0.15, 0.2) is 62.0 Å². The first-order valence-corrected chi connectivity index (χ1v) is 9.27. The van der Waals surface area contributed by atoms with Crippen molar-refractivity contribution >= 4 is 54.4 Å². The lowest BCUT2D eigenvalue weighted by molar-refractivity contribution is -0.402. The Hall–Kier alpha value is -2.98. The van der Waals surface area contributed by atoms with Crippen molar-refractivity contribution in [2.75, 3.05) is 4.90 Å². The molecule has 0 bridgehead atoms. The number of aromatic nitrogens is 1. The van der Waals surface area contributed by atoms with E-state index in [4.69, 9.17) is 8.83 Å². The Morgan fingerprint density at radius 1 is 1.30 bits per heavy atom. The molecule has 0 unspecified atom stereocenters. The van der Waals surface area contributed by atoms with E-state index in [1.165, 1.54) is 28.6 Å². The maximum atomic E-state index is 13.0. The number of carbonyl (C=O) groups is 1. The van der Waals surface area contributed by atoms with Crippen LogP contribution in [-0.2, 0) is 6.54 Å². The van der Waals surface area contributed by atoms with Gasteiger partial charge in [0.1, 0.15) is 10.7 Å². The van der Waals surface area contributed by atoms with Crippen molar-refractivity contribution in [2.24, 2.45) is 0 Å². The third kappa shape index (κ3) is 3.49. The largest absolute Gasteiger partial charge is 0.467 e. The summed E-state index contributed by atoms with van der Waals surface area (Å²) >= 11 is 4.74. The van der Waals surface area contributed by atoms with Gasteiger partial charge in [-0.25, -0.2) is 4.98 Å². The molecule has 4 rings (SSSR count). The first kappa shape index (κ1) is 17.4. The van der Waals surface area contributed by atoms with E-state index in [0.29, 0.717) is 10.9 Å². The number of nitrogens with zero attached hydrogens (tertiary/aromatic N) is 3. The molecule has 0 spiro atoms. The number of hydrogen-bond donors (Lipinski definition) is 0. The lowest BCUT2D eigenvalue weighted by Crippen LogP contribution is -2.29. The molecule has 136 valence electrons. The number of fused-ring (bicyclic) bond motifs is 1. The molecule has 0 N–H and O–H groups in total. The summed E-state index contributed by atoms with van der Waals surface area (Å²) in [6.45, 7) is 0.112. The minimum Gasteiger partial charge on any atom is -0.467 e. The molecule has 1 amide bonds. The topological polar surface area (TPSA) is 103 Å². The number of rotatable bonds is 5. The standard InChI is InChI=1S/C17H10BrN3O5S/c18-10-3-4-12-14(8-10)27-17(19-12)20(9-11-2-1-7-25-11)16(22)13-5-6-15(26-13)21(23)24/h1-8H,9H2. The van der Waals surface area contributed by atoms with Crippen molar-refractivity contribution in [1.82, 2.24) is 4.98 Å². The van der Waals surface area contributed by atoms with E-state index in [-0.39, 0.29) is 12.3 Å². The second-order valence-electron chi connectivity index (χ2n) is 5.47. The van der Waals surface area contributed by atoms with Crippen LogP contribution in [0.1, 0.15) is 16.3 Å². The van der Waals surface area contributed by atoms with E-state index in [1.807, 2.05) is 18.2 Å². The van der Waals surface area contributed by atoms with Crippen LogP contribution in [0.25, 0.3) is 10.2 Å². The fourth-order valence-corrected chi connectivity index (χ4v) is 3.98. The highest BCUT2D eigenvalue weighted by Crippen LogP contribution is 2.33. The molecule has 1 aromatic carbocycles. The maximum absolute atomic E-state index is 13.0. The summed E-state index contributed by atoms with van der Waals surface area (Å²) in [5.74, 6) is -0.638. The zero-order valence-electron chi connectivity index (χ0n) is 13.5. The second-order valence-corrected chi connectivity index (χ2v) is 7.40. The minimum absolute atomic E-state index is 0.112. The number of amides is 1. The van der Waals surface area contributed by atoms with Gasteiger partial charge >= 0.3 is 5.88 Å². The van der Waals surface area contributed by atoms with Crippen LogP contribution in [0.3, 0.4) is 0 Å². The molecule has 0 aliphatic carbocycles. The van der Waals surface area contributed by atoms with Crippen LogP contribution in [-0.4, -0.2) is 15.8 Å². The fraction of sp³-hybridized carbons (Fsp3) is 0.0588. The normalized spacial score (nSPS) is 11.0. The zero-order chi connectivity index (χ0) is 19.0. The number of furan rings is 2. The number of nitro groups is 1. The molecule has 0 saturated heterocycles. The minimum atomic E-state index is -0.692. The van der Waals surface area contributed by atoms with Crippen LogP contribution in [0.4, 0.5) is 11.0 Å². The van der Waals surface area contributed by atoms with Crippen LogP contribution in [0.2, 0.25) is 0 Å². The van der Waals surface area contributed by atoms with Crippen LogP contribution in [0, 0.1) is 10.1 Å². The lowest BCUT2D eigenvalue weighted by atomic mass is 10.3. The molecule has 4 aromatic rings. The van der Waals surface area contributed by atoms with Gasteiger partial charge in [-0.3, -0.25) is 19.8 Å². The van der Waals surface area contributed by atoms with Gasteiger partial charge in [0.05, 0.1) is 29.1 Å². The molecule has 8 nitrogen and oxygen atoms in total. The number of carbonyl (C=O) groups excluding carboxylic acids is 1. The van der Waals surface area contributed by atoms with Crippen molar-refractivity contribution in [3.63, 3.8) is 0 Å². The number of halogens is 1. The quantitative estimate of drug-likeness (QED) is 0.315. The first-order chi connectivity index (χ1) is 13.0. The van der Waals surface area contributed by atoms with Crippen molar-refractivity contribution in [1.29, 1.82) is 0 Å². The Bertz CT molecular complexity index is 1130. The van der Waals surface area contributed by atoms with Gasteiger partial charge in [0.25, 0.3) is 5.91 Å². The number of anilines is 1. The molecule has 0 fully saturated rings. The average Bonchev–Trinajstić information content (AvgIpc) is 3.37. The smallest absolute Gasteiger partial charge is 0.433 e. The van der Waals surface area contributed by atoms with E-state index in [1.54, 1.807) is 12.1 Å². The van der Waals surface area contributed by atoms with Crippen LogP contribution in [0.5, 0.6) is 0 Å². The summed E-state index contributed by atoms with van der Waals surface area (Å²) in [4.78, 5) is 29.0. The summed E-state index contributed by atoms with van der Waals surface area (Å²) in [6, 6.07) is 11.5. The predicted molar refractivity (Wildman–Crippen MR) is 102 cm³/mol. The molecule has 0 saturated carbocycles. The highest BCUT2D eigenvalue weighted by molar-refractivity contribution is 9.10. The van der Waals surface area contributed by atoms with Crippen molar-refractivity contribution < 1.29 is 18.6 Å². The Kier molecular flexibility index (Phi) is 4.50. The molecule has 0 aliphatic rings. The number of hydrogen-bond acceptors (Lipinski definition) is 7. The van der Waals surface area contributed by atoms with E-state index < -0.39 is 16.7 Å². The summed E-state index contributed by atoms with van der Waals surface area (Å²) in [5.41, 5.74) is 0.737. The Morgan fingerprint density at radius 2 is 2.15 bits per heavy atom. The van der Waals surface area contributed by atoms with Crippen LogP contribution < -0.4 is 4.90 Å². The third-order valence-corrected chi connectivity index (χ3v) is 5.23. The van der Waals surface area contributed by atoms with E-state index >= 15 is 0 Å². The van der Waals surface area contributed by atoms with Crippen molar-refractivity contribution in [2.45, 2.75) is 6.54 Å². The van der Waals surface area contributed by atoms with E-state index in [0.717, 1.165) is 20.8 Å². The van der Waals surface area contributed by atoms with Gasteiger partial charge in [-0.05, 0) is 36.4 Å². The summed E-state index contributed by atoms with van der Waals surface area (Å²) in [6.07, 6.45) is 1.51. The summed E-state index contributed by atoms with van der Waals surface area (Å²) in [5, 5.41) is 11.3. The van der Waals surface area contributed by atoms with Gasteiger partial charge in [0, 0.05) is 4.47 Å². The number of benzene rings is 1. The monoisotopic (exact) mass is 447 g/mol. The van der Waals surface area contributed by atoms with E-state index in [2.05, 4.69) is 20.9 Å². The Balaban J connectivity index is 1.75. The van der Waals surface area contributed by atoms with Gasteiger partial charge < -0.3 is 8.83 Å². The Morgan fingerprint density at radius 3 is 2.85 bits per heavy atom. The number of thiazole rings is 1. The van der Waals surface area contributed by atoms with Gasteiger partial charge in [0.2, 0.25) is 0 Å². The lowest BCUT2D eigenvalue weighted by Gasteiger charge is -2.17. The molecule has 3 heterocycles. The molecular weight excluding hydrogens is 438 g/mol. The van der Waals surface area contributed by atoms with Crippen molar-refractivity contribution in [3.05, 3.63) is 74.8 Å². The van der Waals surface area contributed by atoms with E-state index in [9.17, 15) is 14.9 Å². The maximum Gasteiger partial charge on any atom is 0.433 e. The van der Waals surface area contributed by atoms with Gasteiger partial charge in [0.15, 0.2) is 10.9 Å². The molecule has 10 heteroatoms. The molecule has 0 radical (unpaired) electrons. The zero-order valence-corrected chi connectivity index (χ0v) is 15.9. The highest BCUT2D eigenvalue weighted by atomic mass is 79.9. The third-order valence-electron chi connectivity index (χ3n) is 3.69. The van der Waals surface area contributed by atoms with Gasteiger partial charge in [-0.2, -0.15) is 0 Å². The molecule has 27 heavy (non-hydrogen) atoms. The highest BCUT2D eigenvalue weighted by Gasteiger charge is 2.27. The predicted octanol–water partition coefficient (Wildman–Crippen LogP) is 5.00. The molecular formula is C17H10BrN3O5S. The fourth-order valence-electron chi connectivity index (χ4n) is 2.46. The summed E-state index contributed by atoms with van der Waals surface area (Å²) in [7, 11) is 0. The van der Waals surface area contributed by atoms with Crippen molar-refractivity contribution in [3.8, 4) is 0 Å². The van der Waals surface area contributed by atoms with Crippen LogP contribution >= 0.6 is 27.3 Å². The first-order valence-electron chi connectivity index (χ1n) is 7.66. The molecule has 0 atom stereocenters. The van der Waals surface area contributed by atoms with Gasteiger partial charge in [-0.1, -0.05) is 27.3 Å². The SMILES string of the molecule is O=C(c1ccc([N+](=O)[O-])o1)N(Cc1ccco1)c1nc2ccc(Br)cc2s1. The molecule has 3 aromatic heterocycles. The summed E-state index contributed by atoms with van der Waals surface area (Å²) < 4.78 is 12.2.